The Balaban J connectivity index is 3.13. The second kappa shape index (κ2) is 5.12. The quantitative estimate of drug-likeness (QED) is 0.744. The summed E-state index contributed by atoms with van der Waals surface area (Å²) in [6.07, 6.45) is 0.684. The minimum atomic E-state index is -0.537. The lowest BCUT2D eigenvalue weighted by molar-refractivity contribution is -0.107. The molecule has 0 aliphatic heterocycles. The maximum Gasteiger partial charge on any atom is 0.142 e. The molecule has 0 fully saturated rings. The van der Waals surface area contributed by atoms with Gasteiger partial charge in [0.15, 0.2) is 0 Å². The monoisotopic (exact) mass is 230 g/mol. The Morgan fingerprint density at radius 2 is 2.20 bits per heavy atom. The average Bonchev–Trinajstić information content (AvgIpc) is 2.17. The van der Waals surface area contributed by atoms with Crippen LogP contribution in [0.25, 0.3) is 0 Å². The largest absolute Gasteiger partial charge is 0.491 e. The summed E-state index contributed by atoms with van der Waals surface area (Å²) in [4.78, 5) is 10.4. The molecule has 0 N–H and O–H groups in total. The molecule has 0 aliphatic carbocycles. The van der Waals surface area contributed by atoms with E-state index in [0.717, 1.165) is 0 Å². The van der Waals surface area contributed by atoms with Gasteiger partial charge >= 0.3 is 0 Å². The molecule has 2 nitrogen and oxygen atoms in total. The lowest BCUT2D eigenvalue weighted by atomic mass is 10.1. The maximum atomic E-state index is 13.1. The van der Waals surface area contributed by atoms with Gasteiger partial charge in [-0.3, -0.25) is 0 Å². The van der Waals surface area contributed by atoms with Crippen LogP contribution in [0.1, 0.15) is 19.4 Å². The molecule has 0 heterocycles. The smallest absolute Gasteiger partial charge is 0.142 e. The minimum absolute atomic E-state index is 0.0414. The zero-order chi connectivity index (χ0) is 11.4. The van der Waals surface area contributed by atoms with Crippen LogP contribution in [0.15, 0.2) is 12.1 Å². The van der Waals surface area contributed by atoms with Crippen LogP contribution in [0, 0.1) is 5.82 Å². The molecule has 1 rings (SSSR count). The zero-order valence-corrected chi connectivity index (χ0v) is 9.34. The average molecular weight is 231 g/mol. The van der Waals surface area contributed by atoms with E-state index >= 15 is 0 Å². The van der Waals surface area contributed by atoms with Gasteiger partial charge in [0.05, 0.1) is 11.1 Å². The fourth-order valence-corrected chi connectivity index (χ4v) is 1.45. The summed E-state index contributed by atoms with van der Waals surface area (Å²) in [5.41, 5.74) is 0.403. The van der Waals surface area contributed by atoms with E-state index in [-0.39, 0.29) is 17.5 Å². The molecular formula is C11H12ClFO2. The molecular weight excluding hydrogens is 219 g/mol. The predicted molar refractivity (Wildman–Crippen MR) is 56.9 cm³/mol. The molecule has 0 amide bonds. The van der Waals surface area contributed by atoms with Crippen molar-refractivity contribution < 1.29 is 13.9 Å². The van der Waals surface area contributed by atoms with Gasteiger partial charge in [0.1, 0.15) is 17.9 Å². The minimum Gasteiger partial charge on any atom is -0.491 e. The normalized spacial score (nSPS) is 10.5. The molecule has 82 valence electrons. The van der Waals surface area contributed by atoms with Crippen LogP contribution < -0.4 is 4.74 Å². The van der Waals surface area contributed by atoms with Crippen LogP contribution >= 0.6 is 11.6 Å². The molecule has 0 saturated carbocycles. The third-order valence-corrected chi connectivity index (χ3v) is 2.21. The highest BCUT2D eigenvalue weighted by Gasteiger charge is 2.13. The van der Waals surface area contributed by atoms with Gasteiger partial charge in [0.2, 0.25) is 0 Å². The molecule has 1 aromatic carbocycles. The molecule has 0 unspecified atom stereocenters. The van der Waals surface area contributed by atoms with Gasteiger partial charge in [-0.2, -0.15) is 0 Å². The third kappa shape index (κ3) is 2.93. The van der Waals surface area contributed by atoms with E-state index < -0.39 is 5.82 Å². The lowest BCUT2D eigenvalue weighted by Gasteiger charge is -2.14. The number of carbonyl (C=O) groups is 1. The molecule has 15 heavy (non-hydrogen) atoms. The molecule has 4 heteroatoms. The van der Waals surface area contributed by atoms with Crippen LogP contribution in [0.4, 0.5) is 4.39 Å². The summed E-state index contributed by atoms with van der Waals surface area (Å²) in [6, 6.07) is 2.72. The Morgan fingerprint density at radius 3 is 2.73 bits per heavy atom. The second-order valence-electron chi connectivity index (χ2n) is 3.38. The fourth-order valence-electron chi connectivity index (χ4n) is 1.21. The van der Waals surface area contributed by atoms with Gasteiger partial charge in [0, 0.05) is 12.0 Å². The van der Waals surface area contributed by atoms with Crippen molar-refractivity contribution in [1.29, 1.82) is 0 Å². The van der Waals surface area contributed by atoms with Gasteiger partial charge in [-0.15, -0.1) is 0 Å². The van der Waals surface area contributed by atoms with Crippen LogP contribution in [0.3, 0.4) is 0 Å². The summed E-state index contributed by atoms with van der Waals surface area (Å²) < 4.78 is 18.5. The first-order chi connectivity index (χ1) is 7.06. The fraction of sp³-hybridized carbons (Fsp3) is 0.364. The number of ether oxygens (including phenoxy) is 1. The maximum absolute atomic E-state index is 13.1. The van der Waals surface area contributed by atoms with Crippen LogP contribution in [-0.2, 0) is 11.2 Å². The van der Waals surface area contributed by atoms with Crippen molar-refractivity contribution >= 4 is 17.9 Å². The van der Waals surface area contributed by atoms with E-state index in [1.54, 1.807) is 0 Å². The first-order valence-corrected chi connectivity index (χ1v) is 5.01. The Kier molecular flexibility index (Phi) is 4.09. The number of aldehydes is 1. The van der Waals surface area contributed by atoms with E-state index in [9.17, 15) is 9.18 Å². The van der Waals surface area contributed by atoms with Gasteiger partial charge in [-0.25, -0.2) is 4.39 Å². The standard InChI is InChI=1S/C11H12ClFO2/c1-7(2)15-10-4-3-9(13)11(12)8(10)5-6-14/h3-4,6-7H,5H2,1-2H3. The first-order valence-electron chi connectivity index (χ1n) is 4.63. The number of rotatable bonds is 4. The highest BCUT2D eigenvalue weighted by atomic mass is 35.5. The van der Waals surface area contributed by atoms with E-state index in [4.69, 9.17) is 16.3 Å². The van der Waals surface area contributed by atoms with E-state index in [1.807, 2.05) is 13.8 Å². The summed E-state index contributed by atoms with van der Waals surface area (Å²) in [7, 11) is 0. The van der Waals surface area contributed by atoms with Crippen molar-refractivity contribution in [3.63, 3.8) is 0 Å². The summed E-state index contributed by atoms with van der Waals surface area (Å²) in [5.74, 6) is -0.0758. The molecule has 0 atom stereocenters. The van der Waals surface area contributed by atoms with Gasteiger partial charge < -0.3 is 9.53 Å². The molecule has 0 aromatic heterocycles. The highest BCUT2D eigenvalue weighted by Crippen LogP contribution is 2.29. The summed E-state index contributed by atoms with van der Waals surface area (Å²) in [6.45, 7) is 3.70. The third-order valence-electron chi connectivity index (χ3n) is 1.80. The van der Waals surface area contributed by atoms with Gasteiger partial charge in [-0.05, 0) is 26.0 Å². The van der Waals surface area contributed by atoms with Crippen LogP contribution in [0.2, 0.25) is 5.02 Å². The predicted octanol–water partition coefficient (Wildman–Crippen LogP) is 3.01. The number of benzene rings is 1. The SMILES string of the molecule is CC(C)Oc1ccc(F)c(Cl)c1CC=O. The van der Waals surface area contributed by atoms with Gasteiger partial charge in [0.25, 0.3) is 0 Å². The molecule has 0 aliphatic rings. The second-order valence-corrected chi connectivity index (χ2v) is 3.75. The van der Waals surface area contributed by atoms with Crippen molar-refractivity contribution in [2.75, 3.05) is 0 Å². The van der Waals surface area contributed by atoms with Crippen molar-refractivity contribution in [3.8, 4) is 5.75 Å². The summed E-state index contributed by atoms with van der Waals surface area (Å²) in [5, 5.41) is -0.0414. The molecule has 0 bridgehead atoms. The lowest BCUT2D eigenvalue weighted by Crippen LogP contribution is -2.08. The van der Waals surface area contributed by atoms with Crippen molar-refractivity contribution in [3.05, 3.63) is 28.5 Å². The molecule has 1 aromatic rings. The Bertz CT molecular complexity index is 364. The highest BCUT2D eigenvalue weighted by molar-refractivity contribution is 6.31. The van der Waals surface area contributed by atoms with E-state index in [1.165, 1.54) is 12.1 Å². The van der Waals surface area contributed by atoms with Crippen molar-refractivity contribution in [2.45, 2.75) is 26.4 Å². The summed E-state index contributed by atoms with van der Waals surface area (Å²) >= 11 is 5.75. The Hall–Kier alpha value is -1.09. The molecule has 0 saturated heterocycles. The van der Waals surface area contributed by atoms with E-state index in [0.29, 0.717) is 17.6 Å². The number of carbonyl (C=O) groups excluding carboxylic acids is 1. The molecule has 0 radical (unpaired) electrons. The van der Waals surface area contributed by atoms with Crippen LogP contribution in [-0.4, -0.2) is 12.4 Å². The topological polar surface area (TPSA) is 26.3 Å². The number of hydrogen-bond acceptors (Lipinski definition) is 2. The first kappa shape index (κ1) is 12.0. The number of hydrogen-bond donors (Lipinski definition) is 0. The number of halogens is 2. The Labute approximate surface area is 93.0 Å². The van der Waals surface area contributed by atoms with E-state index in [2.05, 4.69) is 0 Å². The van der Waals surface area contributed by atoms with Crippen LogP contribution in [0.5, 0.6) is 5.75 Å². The zero-order valence-electron chi connectivity index (χ0n) is 8.59. The van der Waals surface area contributed by atoms with Gasteiger partial charge in [-0.1, -0.05) is 11.6 Å². The molecule has 0 spiro atoms. The van der Waals surface area contributed by atoms with Crippen molar-refractivity contribution in [2.24, 2.45) is 0 Å². The Morgan fingerprint density at radius 1 is 1.53 bits per heavy atom. The van der Waals surface area contributed by atoms with Crippen molar-refractivity contribution in [1.82, 2.24) is 0 Å².